The number of alkyl carbamates (subject to hydrolysis) is 1. The number of amides is 1. The van der Waals surface area contributed by atoms with Crippen LogP contribution in [0.15, 0.2) is 41.1 Å². The van der Waals surface area contributed by atoms with E-state index in [1.54, 1.807) is 20.8 Å². The third-order valence-electron chi connectivity index (χ3n) is 3.88. The van der Waals surface area contributed by atoms with E-state index in [4.69, 9.17) is 18.9 Å². The maximum absolute atomic E-state index is 13.1. The zero-order valence-corrected chi connectivity index (χ0v) is 19.5. The molecule has 0 aliphatic heterocycles. The van der Waals surface area contributed by atoms with E-state index in [-0.39, 0.29) is 48.5 Å². The lowest BCUT2D eigenvalue weighted by molar-refractivity contribution is 0.0531. The summed E-state index contributed by atoms with van der Waals surface area (Å²) in [6.45, 7) is 5.50. The minimum atomic E-state index is -3.54. The van der Waals surface area contributed by atoms with Crippen LogP contribution in [0.25, 0.3) is 0 Å². The van der Waals surface area contributed by atoms with Gasteiger partial charge in [0.2, 0.25) is 0 Å². The van der Waals surface area contributed by atoms with Gasteiger partial charge in [-0.05, 0) is 45.0 Å². The average Bonchev–Trinajstić information content (AvgIpc) is 2.67. The van der Waals surface area contributed by atoms with Crippen molar-refractivity contribution in [3.8, 4) is 5.75 Å². The lowest BCUT2D eigenvalue weighted by atomic mass is 10.2. The van der Waals surface area contributed by atoms with Crippen LogP contribution >= 0.6 is 0 Å². The summed E-state index contributed by atoms with van der Waals surface area (Å²) < 4.78 is 58.9. The molecule has 1 rings (SSSR count). The van der Waals surface area contributed by atoms with Crippen LogP contribution in [-0.4, -0.2) is 66.4 Å². The number of ether oxygens (including phenoxy) is 4. The number of methoxy groups -OCH3 is 2. The molecule has 0 atom stereocenters. The number of rotatable bonds is 12. The molecule has 0 fully saturated rings. The Labute approximate surface area is 183 Å². The Kier molecular flexibility index (Phi) is 10.9. The van der Waals surface area contributed by atoms with Crippen LogP contribution in [0, 0.1) is 5.92 Å². The molecule has 8 nitrogen and oxygen atoms in total. The van der Waals surface area contributed by atoms with Crippen LogP contribution in [0.2, 0.25) is 0 Å². The van der Waals surface area contributed by atoms with Gasteiger partial charge in [0, 0.05) is 32.3 Å². The molecule has 0 aromatic heterocycles. The van der Waals surface area contributed by atoms with E-state index < -0.39 is 21.5 Å². The highest BCUT2D eigenvalue weighted by molar-refractivity contribution is 7.91. The smallest absolute Gasteiger partial charge is 0.407 e. The summed E-state index contributed by atoms with van der Waals surface area (Å²) in [7, 11) is -0.529. The van der Waals surface area contributed by atoms with Gasteiger partial charge in [0.15, 0.2) is 9.84 Å². The molecular weight excluding hydrogens is 429 g/mol. The first-order chi connectivity index (χ1) is 14.5. The predicted molar refractivity (Wildman–Crippen MR) is 115 cm³/mol. The SMILES string of the molecule is COCC(COC)CS(=O)(=O)c1ccc(OC/C(=C/F)CNC(=O)OC(C)(C)C)cc1. The first-order valence-corrected chi connectivity index (χ1v) is 11.3. The third-order valence-corrected chi connectivity index (χ3v) is 5.78. The maximum atomic E-state index is 13.1. The fraction of sp³-hybridized carbons (Fsp3) is 0.571. The van der Waals surface area contributed by atoms with E-state index in [1.807, 2.05) is 0 Å². The predicted octanol–water partition coefficient (Wildman–Crippen LogP) is 3.13. The van der Waals surface area contributed by atoms with Gasteiger partial charge in [0.05, 0.1) is 30.2 Å². The molecule has 0 spiro atoms. The summed E-state index contributed by atoms with van der Waals surface area (Å²) in [4.78, 5) is 11.8. The zero-order chi connectivity index (χ0) is 23.5. The fourth-order valence-corrected chi connectivity index (χ4v) is 4.12. The number of carbonyl (C=O) groups is 1. The van der Waals surface area contributed by atoms with Crippen molar-refractivity contribution in [2.45, 2.75) is 31.3 Å². The van der Waals surface area contributed by atoms with Crippen molar-refractivity contribution in [1.29, 1.82) is 0 Å². The van der Waals surface area contributed by atoms with E-state index in [0.29, 0.717) is 12.1 Å². The van der Waals surface area contributed by atoms with Crippen molar-refractivity contribution >= 4 is 15.9 Å². The highest BCUT2D eigenvalue weighted by atomic mass is 32.2. The van der Waals surface area contributed by atoms with E-state index in [1.165, 1.54) is 38.5 Å². The molecule has 10 heteroatoms. The van der Waals surface area contributed by atoms with Crippen molar-refractivity contribution in [1.82, 2.24) is 5.32 Å². The lowest BCUT2D eigenvalue weighted by Crippen LogP contribution is -2.34. The quantitative estimate of drug-likeness (QED) is 0.510. The summed E-state index contributed by atoms with van der Waals surface area (Å²) in [5.74, 6) is -0.0356. The molecule has 1 aromatic carbocycles. The van der Waals surface area contributed by atoms with E-state index in [2.05, 4.69) is 5.32 Å². The fourth-order valence-electron chi connectivity index (χ4n) is 2.56. The molecule has 0 saturated carbocycles. The topological polar surface area (TPSA) is 100 Å². The molecule has 1 N–H and O–H groups in total. The first-order valence-electron chi connectivity index (χ1n) is 9.69. The van der Waals surface area contributed by atoms with Gasteiger partial charge in [-0.2, -0.15) is 0 Å². The summed E-state index contributed by atoms with van der Waals surface area (Å²) >= 11 is 0. The summed E-state index contributed by atoms with van der Waals surface area (Å²) in [6.07, 6.45) is -0.316. The summed E-state index contributed by atoms with van der Waals surface area (Å²) in [5, 5.41) is 2.45. The molecule has 0 radical (unpaired) electrons. The standard InChI is InChI=1S/C21H32FNO7S/c1-21(2,3)30-20(24)23-11-16(10-22)14-29-18-6-8-19(9-7-18)31(25,26)15-17(12-27-4)13-28-5/h6-10,17H,11-15H2,1-5H3,(H,23,24)/b16-10+. The Morgan fingerprint density at radius 3 is 2.19 bits per heavy atom. The minimum absolute atomic E-state index is 0.0851. The number of nitrogens with one attached hydrogen (secondary N) is 1. The van der Waals surface area contributed by atoms with Gasteiger partial charge < -0.3 is 24.3 Å². The van der Waals surface area contributed by atoms with Gasteiger partial charge in [-0.25, -0.2) is 17.6 Å². The molecule has 0 aliphatic carbocycles. The van der Waals surface area contributed by atoms with E-state index in [9.17, 15) is 17.6 Å². The maximum Gasteiger partial charge on any atom is 0.407 e. The highest BCUT2D eigenvalue weighted by Gasteiger charge is 2.22. The third kappa shape index (κ3) is 10.6. The highest BCUT2D eigenvalue weighted by Crippen LogP contribution is 2.20. The second-order valence-electron chi connectivity index (χ2n) is 7.94. The number of carbonyl (C=O) groups excluding carboxylic acids is 1. The molecule has 1 aromatic rings. The van der Waals surface area contributed by atoms with Gasteiger partial charge in [-0.15, -0.1) is 0 Å². The molecule has 0 saturated heterocycles. The Morgan fingerprint density at radius 1 is 1.13 bits per heavy atom. The Morgan fingerprint density at radius 2 is 1.71 bits per heavy atom. The van der Waals surface area contributed by atoms with Crippen molar-refractivity contribution in [2.75, 3.05) is 46.3 Å². The van der Waals surface area contributed by atoms with Gasteiger partial charge in [0.1, 0.15) is 18.0 Å². The normalized spacial score (nSPS) is 12.7. The average molecular weight is 462 g/mol. The van der Waals surface area contributed by atoms with Crippen molar-refractivity contribution in [3.05, 3.63) is 36.2 Å². The lowest BCUT2D eigenvalue weighted by Gasteiger charge is -2.20. The second-order valence-corrected chi connectivity index (χ2v) is 9.98. The molecule has 1 amide bonds. The molecule has 0 heterocycles. The van der Waals surface area contributed by atoms with Gasteiger partial charge in [0.25, 0.3) is 0 Å². The molecule has 0 bridgehead atoms. The molecular formula is C21H32FNO7S. The number of benzene rings is 1. The Bertz CT molecular complexity index is 811. The zero-order valence-electron chi connectivity index (χ0n) is 18.6. The summed E-state index contributed by atoms with van der Waals surface area (Å²) in [6, 6.07) is 5.84. The molecule has 31 heavy (non-hydrogen) atoms. The number of hydrogen-bond acceptors (Lipinski definition) is 7. The van der Waals surface area contributed by atoms with Crippen LogP contribution in [-0.2, 0) is 24.0 Å². The number of sulfone groups is 1. The first kappa shape index (κ1) is 26.9. The van der Waals surface area contributed by atoms with Gasteiger partial charge >= 0.3 is 6.09 Å². The van der Waals surface area contributed by atoms with E-state index in [0.717, 1.165) is 0 Å². The summed E-state index contributed by atoms with van der Waals surface area (Å²) in [5.41, 5.74) is -0.473. The van der Waals surface area contributed by atoms with E-state index >= 15 is 0 Å². The monoisotopic (exact) mass is 461 g/mol. The minimum Gasteiger partial charge on any atom is -0.489 e. The van der Waals surface area contributed by atoms with Crippen LogP contribution in [0.5, 0.6) is 5.75 Å². The Balaban J connectivity index is 2.63. The van der Waals surface area contributed by atoms with Crippen LogP contribution in [0.3, 0.4) is 0 Å². The van der Waals surface area contributed by atoms with Crippen LogP contribution < -0.4 is 10.1 Å². The van der Waals surface area contributed by atoms with Crippen LogP contribution in [0.4, 0.5) is 9.18 Å². The largest absolute Gasteiger partial charge is 0.489 e. The van der Waals surface area contributed by atoms with Crippen molar-refractivity contribution in [2.24, 2.45) is 5.92 Å². The Hall–Kier alpha value is -2.17. The van der Waals surface area contributed by atoms with Gasteiger partial charge in [-0.1, -0.05) is 0 Å². The molecule has 176 valence electrons. The molecule has 0 aliphatic rings. The number of hydrogen-bond donors (Lipinski definition) is 1. The second kappa shape index (κ2) is 12.6. The number of halogens is 1. The van der Waals surface area contributed by atoms with Gasteiger partial charge in [-0.3, -0.25) is 0 Å². The van der Waals surface area contributed by atoms with Crippen molar-refractivity contribution in [3.63, 3.8) is 0 Å². The van der Waals surface area contributed by atoms with Crippen molar-refractivity contribution < 1.29 is 36.6 Å². The van der Waals surface area contributed by atoms with Crippen LogP contribution in [0.1, 0.15) is 20.8 Å². The molecule has 0 unspecified atom stereocenters.